The highest BCUT2D eigenvalue weighted by Gasteiger charge is 2.31. The van der Waals surface area contributed by atoms with Crippen LogP contribution in [0, 0.1) is 11.7 Å². The third kappa shape index (κ3) is 4.29. The van der Waals surface area contributed by atoms with Gasteiger partial charge in [0.2, 0.25) is 5.91 Å². The number of benzene rings is 1. The maximum atomic E-state index is 12.9. The van der Waals surface area contributed by atoms with Gasteiger partial charge in [0.15, 0.2) is 0 Å². The third-order valence-electron chi connectivity index (χ3n) is 4.36. The van der Waals surface area contributed by atoms with E-state index in [-0.39, 0.29) is 30.1 Å². The zero-order chi connectivity index (χ0) is 16.1. The van der Waals surface area contributed by atoms with Gasteiger partial charge >= 0.3 is 5.97 Å². The van der Waals surface area contributed by atoms with Crippen molar-refractivity contribution in [2.24, 2.45) is 5.92 Å². The summed E-state index contributed by atoms with van der Waals surface area (Å²) in [5.41, 5.74) is 0.898. The molecule has 0 spiro atoms. The molecule has 5 heteroatoms. The first kappa shape index (κ1) is 16.5. The van der Waals surface area contributed by atoms with Crippen molar-refractivity contribution in [3.05, 3.63) is 35.6 Å². The van der Waals surface area contributed by atoms with E-state index in [0.29, 0.717) is 12.8 Å². The molecule has 0 aromatic heterocycles. The first-order valence-electron chi connectivity index (χ1n) is 7.75. The van der Waals surface area contributed by atoms with Gasteiger partial charge in [-0.05, 0) is 36.5 Å². The van der Waals surface area contributed by atoms with Crippen LogP contribution in [0.25, 0.3) is 0 Å². The Labute approximate surface area is 129 Å². The Kier molecular flexibility index (Phi) is 5.52. The number of carboxylic acids is 1. The number of hydrogen-bond donors (Lipinski definition) is 2. The molecule has 1 fully saturated rings. The molecule has 1 aliphatic rings. The molecule has 1 saturated carbocycles. The number of carbonyl (C=O) groups excluding carboxylic acids is 1. The fourth-order valence-electron chi connectivity index (χ4n) is 3.05. The van der Waals surface area contributed by atoms with Crippen molar-refractivity contribution in [3.8, 4) is 0 Å². The highest BCUT2D eigenvalue weighted by molar-refractivity contribution is 5.79. The van der Waals surface area contributed by atoms with Crippen molar-refractivity contribution in [1.82, 2.24) is 5.32 Å². The predicted octanol–water partition coefficient (Wildman–Crippen LogP) is 3.08. The molecular weight excluding hydrogens is 285 g/mol. The third-order valence-corrected chi connectivity index (χ3v) is 4.36. The van der Waals surface area contributed by atoms with Crippen molar-refractivity contribution in [2.75, 3.05) is 0 Å². The smallest absolute Gasteiger partial charge is 0.308 e. The van der Waals surface area contributed by atoms with E-state index in [1.54, 1.807) is 12.1 Å². The molecule has 0 aliphatic heterocycles. The SMILES string of the molecule is CC(CC(=O)N[C@@H]1CCCC[C@@H]1C(=O)O)c1ccc(F)cc1. The number of halogens is 1. The van der Waals surface area contributed by atoms with Gasteiger partial charge in [-0.15, -0.1) is 0 Å². The van der Waals surface area contributed by atoms with Crippen LogP contribution in [0.3, 0.4) is 0 Å². The average Bonchev–Trinajstić information content (AvgIpc) is 2.48. The first-order chi connectivity index (χ1) is 10.5. The maximum Gasteiger partial charge on any atom is 0.308 e. The molecule has 4 nitrogen and oxygen atoms in total. The van der Waals surface area contributed by atoms with Crippen LogP contribution >= 0.6 is 0 Å². The predicted molar refractivity (Wildman–Crippen MR) is 81.0 cm³/mol. The van der Waals surface area contributed by atoms with Crippen LogP contribution in [0.1, 0.15) is 50.5 Å². The Morgan fingerprint density at radius 3 is 2.55 bits per heavy atom. The van der Waals surface area contributed by atoms with Gasteiger partial charge in [0.25, 0.3) is 0 Å². The van der Waals surface area contributed by atoms with Crippen LogP contribution in [0.4, 0.5) is 4.39 Å². The highest BCUT2D eigenvalue weighted by atomic mass is 19.1. The van der Waals surface area contributed by atoms with E-state index < -0.39 is 11.9 Å². The van der Waals surface area contributed by atoms with Crippen LogP contribution < -0.4 is 5.32 Å². The van der Waals surface area contributed by atoms with E-state index >= 15 is 0 Å². The van der Waals surface area contributed by atoms with Gasteiger partial charge in [-0.3, -0.25) is 9.59 Å². The Hall–Kier alpha value is -1.91. The van der Waals surface area contributed by atoms with Crippen LogP contribution in [-0.2, 0) is 9.59 Å². The summed E-state index contributed by atoms with van der Waals surface area (Å²) in [6.07, 6.45) is 3.45. The normalized spacial score (nSPS) is 22.8. The van der Waals surface area contributed by atoms with E-state index in [0.717, 1.165) is 18.4 Å². The molecule has 0 bridgehead atoms. The second kappa shape index (κ2) is 7.38. The van der Waals surface area contributed by atoms with Crippen LogP contribution in [0.5, 0.6) is 0 Å². The Morgan fingerprint density at radius 2 is 1.91 bits per heavy atom. The number of aliphatic carboxylic acids is 1. The van der Waals surface area contributed by atoms with Crippen molar-refractivity contribution in [2.45, 2.75) is 51.0 Å². The van der Waals surface area contributed by atoms with E-state index in [2.05, 4.69) is 5.32 Å². The van der Waals surface area contributed by atoms with E-state index in [4.69, 9.17) is 0 Å². The quantitative estimate of drug-likeness (QED) is 0.878. The second-order valence-corrected chi connectivity index (χ2v) is 6.06. The largest absolute Gasteiger partial charge is 0.481 e. The lowest BCUT2D eigenvalue weighted by Crippen LogP contribution is -2.45. The molecule has 3 atom stereocenters. The number of rotatable bonds is 5. The van der Waals surface area contributed by atoms with Gasteiger partial charge in [-0.2, -0.15) is 0 Å². The molecule has 0 saturated heterocycles. The summed E-state index contributed by atoms with van der Waals surface area (Å²) in [5, 5.41) is 12.1. The minimum Gasteiger partial charge on any atom is -0.481 e. The van der Waals surface area contributed by atoms with Crippen molar-refractivity contribution in [3.63, 3.8) is 0 Å². The van der Waals surface area contributed by atoms with Crippen LogP contribution in [-0.4, -0.2) is 23.0 Å². The number of amides is 1. The van der Waals surface area contributed by atoms with Crippen molar-refractivity contribution in [1.29, 1.82) is 0 Å². The zero-order valence-electron chi connectivity index (χ0n) is 12.7. The van der Waals surface area contributed by atoms with E-state index in [1.807, 2.05) is 6.92 Å². The summed E-state index contributed by atoms with van der Waals surface area (Å²) in [7, 11) is 0. The van der Waals surface area contributed by atoms with Crippen molar-refractivity contribution >= 4 is 11.9 Å². The standard InChI is InChI=1S/C17H22FNO3/c1-11(12-6-8-13(18)9-7-12)10-16(20)19-15-5-3-2-4-14(15)17(21)22/h6-9,11,14-15H,2-5,10H2,1H3,(H,19,20)(H,21,22)/t11?,14-,15+/m0/s1. The first-order valence-corrected chi connectivity index (χ1v) is 7.75. The molecule has 2 N–H and O–H groups in total. The molecule has 1 aliphatic carbocycles. The molecule has 0 radical (unpaired) electrons. The molecule has 1 aromatic rings. The lowest BCUT2D eigenvalue weighted by molar-refractivity contribution is -0.144. The molecular formula is C17H22FNO3. The van der Waals surface area contributed by atoms with Crippen LogP contribution in [0.15, 0.2) is 24.3 Å². The number of carboxylic acid groups (broad SMARTS) is 1. The zero-order valence-corrected chi connectivity index (χ0v) is 12.7. The molecule has 0 heterocycles. The Bertz CT molecular complexity index is 529. The van der Waals surface area contributed by atoms with E-state index in [9.17, 15) is 19.1 Å². The molecule has 120 valence electrons. The molecule has 1 aromatic carbocycles. The van der Waals surface area contributed by atoms with Gasteiger partial charge in [0.1, 0.15) is 5.82 Å². The molecule has 1 unspecified atom stereocenters. The van der Waals surface area contributed by atoms with Crippen molar-refractivity contribution < 1.29 is 19.1 Å². The summed E-state index contributed by atoms with van der Waals surface area (Å²) < 4.78 is 12.9. The fourth-order valence-corrected chi connectivity index (χ4v) is 3.05. The van der Waals surface area contributed by atoms with Gasteiger partial charge in [0, 0.05) is 12.5 Å². The number of hydrogen-bond acceptors (Lipinski definition) is 2. The molecule has 22 heavy (non-hydrogen) atoms. The Morgan fingerprint density at radius 1 is 1.27 bits per heavy atom. The van der Waals surface area contributed by atoms with Gasteiger partial charge in [0.05, 0.1) is 5.92 Å². The summed E-state index contributed by atoms with van der Waals surface area (Å²) in [6, 6.07) is 5.83. The molecule has 1 amide bonds. The summed E-state index contributed by atoms with van der Waals surface area (Å²) in [5.74, 6) is -1.80. The summed E-state index contributed by atoms with van der Waals surface area (Å²) in [6.45, 7) is 1.91. The van der Waals surface area contributed by atoms with Gasteiger partial charge in [-0.1, -0.05) is 31.9 Å². The molecule has 2 rings (SSSR count). The summed E-state index contributed by atoms with van der Waals surface area (Å²) in [4.78, 5) is 23.4. The number of carbonyl (C=O) groups is 2. The Balaban J connectivity index is 1.91. The van der Waals surface area contributed by atoms with Crippen LogP contribution in [0.2, 0.25) is 0 Å². The minimum absolute atomic E-state index is 0.0348. The monoisotopic (exact) mass is 307 g/mol. The lowest BCUT2D eigenvalue weighted by Gasteiger charge is -2.29. The highest BCUT2D eigenvalue weighted by Crippen LogP contribution is 2.25. The lowest BCUT2D eigenvalue weighted by atomic mass is 9.84. The summed E-state index contributed by atoms with van der Waals surface area (Å²) >= 11 is 0. The maximum absolute atomic E-state index is 12.9. The average molecular weight is 307 g/mol. The number of nitrogens with one attached hydrogen (secondary N) is 1. The fraction of sp³-hybridized carbons (Fsp3) is 0.529. The van der Waals surface area contributed by atoms with E-state index in [1.165, 1.54) is 12.1 Å². The topological polar surface area (TPSA) is 66.4 Å². The second-order valence-electron chi connectivity index (χ2n) is 6.06. The van der Waals surface area contributed by atoms with Gasteiger partial charge < -0.3 is 10.4 Å². The van der Waals surface area contributed by atoms with Gasteiger partial charge in [-0.25, -0.2) is 4.39 Å². The minimum atomic E-state index is -0.836.